The third-order valence-electron chi connectivity index (χ3n) is 3.17. The summed E-state index contributed by atoms with van der Waals surface area (Å²) in [5, 5.41) is 4.48. The fourth-order valence-corrected chi connectivity index (χ4v) is 3.07. The van der Waals surface area contributed by atoms with Crippen molar-refractivity contribution in [3.05, 3.63) is 64.6 Å². The molecule has 0 saturated heterocycles. The molecule has 1 aliphatic heterocycles. The van der Waals surface area contributed by atoms with E-state index in [4.69, 9.17) is 0 Å². The van der Waals surface area contributed by atoms with Gasteiger partial charge in [-0.15, -0.1) is 0 Å². The van der Waals surface area contributed by atoms with Gasteiger partial charge in [0.15, 0.2) is 0 Å². The van der Waals surface area contributed by atoms with Crippen LogP contribution in [0.2, 0.25) is 0 Å². The predicted molar refractivity (Wildman–Crippen MR) is 92.4 cm³/mol. The molecule has 2 aromatic rings. The number of amides is 1. The van der Waals surface area contributed by atoms with Gasteiger partial charge in [0.2, 0.25) is 0 Å². The molecule has 3 rings (SSSR count). The molecule has 114 valence electrons. The number of rotatable bonds is 2. The number of fused-ring (bicyclic) bond motifs is 1. The molecule has 1 unspecified atom stereocenters. The van der Waals surface area contributed by atoms with Crippen LogP contribution >= 0.6 is 0 Å². The van der Waals surface area contributed by atoms with E-state index in [2.05, 4.69) is 5.32 Å². The average Bonchev–Trinajstić information content (AvgIpc) is 2.91. The molecule has 4 heteroatoms. The van der Waals surface area contributed by atoms with E-state index in [1.807, 2.05) is 51.1 Å². The molecule has 1 heterocycles. The SMILES string of the molecule is CC.Cc1ccc(C(=O)Nc2ccc3c(c2)S(=O)C=C3)cc1. The van der Waals surface area contributed by atoms with Gasteiger partial charge in [0.1, 0.15) is 0 Å². The van der Waals surface area contributed by atoms with E-state index in [1.165, 1.54) is 0 Å². The monoisotopic (exact) mass is 313 g/mol. The summed E-state index contributed by atoms with van der Waals surface area (Å²) < 4.78 is 11.7. The maximum absolute atomic E-state index is 12.1. The second-order valence-corrected chi connectivity index (χ2v) is 5.98. The highest BCUT2D eigenvalue weighted by atomic mass is 32.2. The van der Waals surface area contributed by atoms with Gasteiger partial charge in [0.05, 0.1) is 15.7 Å². The minimum absolute atomic E-state index is 0.165. The quantitative estimate of drug-likeness (QED) is 0.895. The smallest absolute Gasteiger partial charge is 0.255 e. The number of nitrogens with one attached hydrogen (secondary N) is 1. The van der Waals surface area contributed by atoms with Crippen molar-refractivity contribution in [1.29, 1.82) is 0 Å². The fraction of sp³-hybridized carbons (Fsp3) is 0.167. The number of hydrogen-bond donors (Lipinski definition) is 1. The lowest BCUT2D eigenvalue weighted by Gasteiger charge is -2.07. The summed E-state index contributed by atoms with van der Waals surface area (Å²) in [5.41, 5.74) is 3.32. The van der Waals surface area contributed by atoms with E-state index >= 15 is 0 Å². The van der Waals surface area contributed by atoms with Crippen molar-refractivity contribution in [1.82, 2.24) is 0 Å². The lowest BCUT2D eigenvalue weighted by molar-refractivity contribution is 0.102. The zero-order valence-electron chi connectivity index (χ0n) is 12.9. The maximum atomic E-state index is 12.1. The molecule has 0 saturated carbocycles. The minimum Gasteiger partial charge on any atom is -0.322 e. The Morgan fingerprint density at radius 1 is 1.05 bits per heavy atom. The molecule has 1 aliphatic rings. The van der Waals surface area contributed by atoms with Crippen LogP contribution < -0.4 is 5.32 Å². The van der Waals surface area contributed by atoms with Gasteiger partial charge in [-0.3, -0.25) is 4.79 Å². The van der Waals surface area contributed by atoms with E-state index in [-0.39, 0.29) is 5.91 Å². The summed E-state index contributed by atoms with van der Waals surface area (Å²) >= 11 is 0. The van der Waals surface area contributed by atoms with Gasteiger partial charge in [0.25, 0.3) is 5.91 Å². The van der Waals surface area contributed by atoms with Gasteiger partial charge in [-0.1, -0.05) is 37.6 Å². The largest absolute Gasteiger partial charge is 0.322 e. The molecule has 0 bridgehead atoms. The van der Waals surface area contributed by atoms with Gasteiger partial charge < -0.3 is 5.32 Å². The van der Waals surface area contributed by atoms with Gasteiger partial charge in [-0.25, -0.2) is 4.21 Å². The summed E-state index contributed by atoms with van der Waals surface area (Å²) in [6, 6.07) is 12.8. The molecule has 0 aromatic heterocycles. The molecule has 0 fully saturated rings. The van der Waals surface area contributed by atoms with Crippen LogP contribution in [0.25, 0.3) is 6.08 Å². The molecule has 0 radical (unpaired) electrons. The molecule has 22 heavy (non-hydrogen) atoms. The summed E-state index contributed by atoms with van der Waals surface area (Å²) in [6.07, 6.45) is 1.83. The van der Waals surface area contributed by atoms with Crippen molar-refractivity contribution < 1.29 is 9.00 Å². The van der Waals surface area contributed by atoms with Crippen LogP contribution in [0, 0.1) is 6.92 Å². The summed E-state index contributed by atoms with van der Waals surface area (Å²) in [5.74, 6) is -0.165. The van der Waals surface area contributed by atoms with Crippen LogP contribution in [0.3, 0.4) is 0 Å². The highest BCUT2D eigenvalue weighted by molar-refractivity contribution is 7.88. The number of anilines is 1. The van der Waals surface area contributed by atoms with Crippen LogP contribution in [-0.2, 0) is 10.8 Å². The van der Waals surface area contributed by atoms with Gasteiger partial charge in [0, 0.05) is 16.7 Å². The van der Waals surface area contributed by atoms with Crippen molar-refractivity contribution in [2.45, 2.75) is 25.7 Å². The fourth-order valence-electron chi connectivity index (χ4n) is 2.04. The molecule has 3 nitrogen and oxygen atoms in total. The Balaban J connectivity index is 0.000000847. The van der Waals surface area contributed by atoms with Crippen molar-refractivity contribution in [3.8, 4) is 0 Å². The lowest BCUT2D eigenvalue weighted by Crippen LogP contribution is -2.12. The van der Waals surface area contributed by atoms with E-state index in [9.17, 15) is 9.00 Å². The first kappa shape index (κ1) is 16.2. The van der Waals surface area contributed by atoms with Crippen LogP contribution in [-0.4, -0.2) is 10.1 Å². The van der Waals surface area contributed by atoms with Crippen molar-refractivity contribution >= 4 is 28.5 Å². The Morgan fingerprint density at radius 3 is 2.41 bits per heavy atom. The second-order valence-electron chi connectivity index (χ2n) is 4.67. The molecule has 0 spiro atoms. The van der Waals surface area contributed by atoms with E-state index < -0.39 is 10.8 Å². The van der Waals surface area contributed by atoms with Crippen molar-refractivity contribution in [2.24, 2.45) is 0 Å². The number of benzene rings is 2. The minimum atomic E-state index is -1.10. The van der Waals surface area contributed by atoms with Crippen LogP contribution in [0.4, 0.5) is 5.69 Å². The third-order valence-corrected chi connectivity index (χ3v) is 4.34. The number of aryl methyl sites for hydroxylation is 1. The second kappa shape index (κ2) is 7.18. The van der Waals surface area contributed by atoms with Gasteiger partial charge >= 0.3 is 0 Å². The van der Waals surface area contributed by atoms with Gasteiger partial charge in [-0.05, 0) is 42.8 Å². The standard InChI is InChI=1S/C16H13NO2S.C2H6/c1-11-2-4-13(5-3-11)16(18)17-14-7-6-12-8-9-20(19)15(12)10-14;1-2/h2-10H,1H3,(H,17,18);1-2H3. The average molecular weight is 313 g/mol. The zero-order valence-corrected chi connectivity index (χ0v) is 13.7. The predicted octanol–water partition coefficient (Wildman–Crippen LogP) is 4.37. The third kappa shape index (κ3) is 3.52. The Labute approximate surface area is 133 Å². The van der Waals surface area contributed by atoms with E-state index in [0.29, 0.717) is 11.3 Å². The zero-order chi connectivity index (χ0) is 16.1. The van der Waals surface area contributed by atoms with Crippen LogP contribution in [0.15, 0.2) is 52.8 Å². The number of hydrogen-bond acceptors (Lipinski definition) is 2. The first-order valence-electron chi connectivity index (χ1n) is 7.24. The number of carbonyl (C=O) groups excluding carboxylic acids is 1. The highest BCUT2D eigenvalue weighted by Crippen LogP contribution is 2.26. The first-order valence-corrected chi connectivity index (χ1v) is 8.46. The molecule has 1 atom stereocenters. The van der Waals surface area contributed by atoms with Crippen LogP contribution in [0.1, 0.15) is 35.3 Å². The van der Waals surface area contributed by atoms with E-state index in [0.717, 1.165) is 16.0 Å². The number of carbonyl (C=O) groups is 1. The van der Waals surface area contributed by atoms with E-state index in [1.54, 1.807) is 23.6 Å². The topological polar surface area (TPSA) is 46.2 Å². The summed E-state index contributed by atoms with van der Waals surface area (Å²) in [4.78, 5) is 12.8. The Bertz CT molecular complexity index is 733. The molecular formula is C18H19NO2S. The normalized spacial score (nSPS) is 14.8. The first-order chi connectivity index (χ1) is 10.6. The lowest BCUT2D eigenvalue weighted by atomic mass is 10.1. The van der Waals surface area contributed by atoms with Crippen molar-refractivity contribution in [3.63, 3.8) is 0 Å². The molecule has 2 aromatic carbocycles. The molecular weight excluding hydrogens is 294 g/mol. The molecule has 1 amide bonds. The highest BCUT2D eigenvalue weighted by Gasteiger charge is 2.14. The Kier molecular flexibility index (Phi) is 5.28. The Hall–Kier alpha value is -2.20. The Morgan fingerprint density at radius 2 is 1.73 bits per heavy atom. The molecule has 0 aliphatic carbocycles. The molecule has 1 N–H and O–H groups in total. The summed E-state index contributed by atoms with van der Waals surface area (Å²) in [6.45, 7) is 5.98. The maximum Gasteiger partial charge on any atom is 0.255 e. The van der Waals surface area contributed by atoms with Crippen LogP contribution in [0.5, 0.6) is 0 Å². The summed E-state index contributed by atoms with van der Waals surface area (Å²) in [7, 11) is -1.10. The van der Waals surface area contributed by atoms with Crippen molar-refractivity contribution in [2.75, 3.05) is 5.32 Å². The van der Waals surface area contributed by atoms with Gasteiger partial charge in [-0.2, -0.15) is 0 Å².